The van der Waals surface area contributed by atoms with Gasteiger partial charge in [0.25, 0.3) is 0 Å². The Bertz CT molecular complexity index is 1270. The van der Waals surface area contributed by atoms with Crippen molar-refractivity contribution < 1.29 is 18.5 Å². The maximum atomic E-state index is 13.6. The van der Waals surface area contributed by atoms with Gasteiger partial charge < -0.3 is 14.6 Å². The molecule has 182 valence electrons. The lowest BCUT2D eigenvalue weighted by molar-refractivity contribution is -0.115. The molecule has 6 nitrogen and oxygen atoms in total. The molecule has 1 aromatic heterocycles. The van der Waals surface area contributed by atoms with Crippen molar-refractivity contribution in [1.82, 2.24) is 4.90 Å². The lowest BCUT2D eigenvalue weighted by atomic mass is 10.0. The van der Waals surface area contributed by atoms with Gasteiger partial charge in [0, 0.05) is 30.1 Å². The highest BCUT2D eigenvalue weighted by Crippen LogP contribution is 2.37. The number of anilines is 1. The summed E-state index contributed by atoms with van der Waals surface area (Å²) in [4.78, 5) is 16.7. The van der Waals surface area contributed by atoms with Crippen molar-refractivity contribution in [3.05, 3.63) is 75.4 Å². The van der Waals surface area contributed by atoms with Crippen LogP contribution < -0.4 is 10.1 Å². The lowest BCUT2D eigenvalue weighted by Gasteiger charge is -2.27. The normalized spacial score (nSPS) is 14.1. The minimum atomic E-state index is -1.19. The molecule has 1 unspecified atom stereocenters. The van der Waals surface area contributed by atoms with Crippen LogP contribution in [-0.2, 0) is 41.9 Å². The number of nitrogens with zero attached hydrogens (tertiary/aromatic N) is 2. The predicted molar refractivity (Wildman–Crippen MR) is 136 cm³/mol. The fourth-order valence-corrected chi connectivity index (χ4v) is 6.03. The van der Waals surface area contributed by atoms with Crippen LogP contribution in [0.3, 0.4) is 0 Å². The summed E-state index contributed by atoms with van der Waals surface area (Å²) in [5.74, 6) is 0.0234. The summed E-state index contributed by atoms with van der Waals surface area (Å²) < 4.78 is 31.1. The zero-order chi connectivity index (χ0) is 24.9. The lowest BCUT2D eigenvalue weighted by Crippen LogP contribution is -2.29. The number of benzene rings is 2. The Kier molecular flexibility index (Phi) is 8.08. The first-order valence-corrected chi connectivity index (χ1v) is 13.7. The molecule has 9 heteroatoms. The highest BCUT2D eigenvalue weighted by atomic mass is 32.2. The summed E-state index contributed by atoms with van der Waals surface area (Å²) in [7, 11) is 0. The maximum absolute atomic E-state index is 13.6. The second-order valence-electron chi connectivity index (χ2n) is 8.30. The summed E-state index contributed by atoms with van der Waals surface area (Å²) in [5.41, 5.74) is 3.05. The van der Waals surface area contributed by atoms with Gasteiger partial charge in [-0.25, -0.2) is 4.39 Å². The van der Waals surface area contributed by atoms with Gasteiger partial charge in [0.15, 0.2) is 10.6 Å². The Morgan fingerprint density at radius 2 is 2.14 bits per heavy atom. The van der Waals surface area contributed by atoms with Gasteiger partial charge in [-0.05, 0) is 59.9 Å². The fraction of sp³-hybridized carbons (Fsp3) is 0.308. The number of halogens is 1. The Morgan fingerprint density at radius 1 is 1.31 bits per heavy atom. The van der Waals surface area contributed by atoms with E-state index in [1.165, 1.54) is 23.5 Å². The molecular formula is C26H26FN3O3S2. The first-order valence-electron chi connectivity index (χ1n) is 11.3. The highest BCUT2D eigenvalue weighted by molar-refractivity contribution is 7.90. The largest absolute Gasteiger partial charge is 0.612 e. The van der Waals surface area contributed by atoms with Gasteiger partial charge >= 0.3 is 0 Å². The second kappa shape index (κ2) is 11.2. The van der Waals surface area contributed by atoms with Gasteiger partial charge in [0.05, 0.1) is 18.6 Å². The SMILES string of the molecule is CCOc1cc(CC(=O)Nc2sc3c(c2C#N)CN(Cc2cccc(F)c2)CC3)ccc1[S+](C)[O-]. The number of rotatable bonds is 8. The van der Waals surface area contributed by atoms with Gasteiger partial charge in [0.2, 0.25) is 5.91 Å². The smallest absolute Gasteiger partial charge is 0.229 e. The third kappa shape index (κ3) is 6.03. The number of amides is 1. The van der Waals surface area contributed by atoms with Crippen molar-refractivity contribution in [3.8, 4) is 11.8 Å². The van der Waals surface area contributed by atoms with E-state index in [2.05, 4.69) is 16.3 Å². The van der Waals surface area contributed by atoms with Crippen LogP contribution in [0.4, 0.5) is 9.39 Å². The number of nitrogens with one attached hydrogen (secondary N) is 1. The van der Waals surface area contributed by atoms with Crippen molar-refractivity contribution in [3.63, 3.8) is 0 Å². The topological polar surface area (TPSA) is 88.4 Å². The van der Waals surface area contributed by atoms with E-state index in [0.717, 1.165) is 34.5 Å². The van der Waals surface area contributed by atoms with Crippen molar-refractivity contribution in [1.29, 1.82) is 5.26 Å². The molecule has 0 bridgehead atoms. The monoisotopic (exact) mass is 511 g/mol. The van der Waals surface area contributed by atoms with E-state index in [-0.39, 0.29) is 18.1 Å². The highest BCUT2D eigenvalue weighted by Gasteiger charge is 2.26. The third-order valence-electron chi connectivity index (χ3n) is 5.77. The van der Waals surface area contributed by atoms with E-state index in [1.807, 2.05) is 13.0 Å². The Morgan fingerprint density at radius 3 is 2.86 bits per heavy atom. The van der Waals surface area contributed by atoms with Gasteiger partial charge in [-0.15, -0.1) is 11.3 Å². The number of fused-ring (bicyclic) bond motifs is 1. The van der Waals surface area contributed by atoms with Crippen LogP contribution in [0.2, 0.25) is 0 Å². The predicted octanol–water partition coefficient (Wildman–Crippen LogP) is 4.63. The molecule has 0 fully saturated rings. The molecule has 2 aromatic carbocycles. The first kappa shape index (κ1) is 25.2. The summed E-state index contributed by atoms with van der Waals surface area (Å²) >= 11 is 0.253. The molecule has 0 aliphatic carbocycles. The van der Waals surface area contributed by atoms with E-state index in [1.54, 1.807) is 30.5 Å². The number of ether oxygens (including phenoxy) is 1. The average Bonchev–Trinajstić information content (AvgIpc) is 3.15. The van der Waals surface area contributed by atoms with E-state index in [0.29, 0.717) is 40.9 Å². The van der Waals surface area contributed by atoms with Crippen LogP contribution in [0, 0.1) is 17.1 Å². The molecule has 1 N–H and O–H groups in total. The Balaban J connectivity index is 1.46. The zero-order valence-corrected chi connectivity index (χ0v) is 21.2. The minimum Gasteiger partial charge on any atom is -0.612 e. The van der Waals surface area contributed by atoms with Crippen molar-refractivity contribution in [2.45, 2.75) is 37.8 Å². The van der Waals surface area contributed by atoms with E-state index in [9.17, 15) is 19.0 Å². The molecule has 2 heterocycles. The van der Waals surface area contributed by atoms with Crippen LogP contribution >= 0.6 is 11.3 Å². The quantitative estimate of drug-likeness (QED) is 0.446. The van der Waals surface area contributed by atoms with Gasteiger partial charge in [-0.1, -0.05) is 18.2 Å². The second-order valence-corrected chi connectivity index (χ2v) is 10.8. The van der Waals surface area contributed by atoms with Gasteiger partial charge in [-0.2, -0.15) is 5.26 Å². The number of carbonyl (C=O) groups excluding carboxylic acids is 1. The van der Waals surface area contributed by atoms with Crippen molar-refractivity contribution in [2.24, 2.45) is 0 Å². The van der Waals surface area contributed by atoms with Crippen LogP contribution in [0.1, 0.15) is 34.1 Å². The molecular weight excluding hydrogens is 485 g/mol. The van der Waals surface area contributed by atoms with Gasteiger partial charge in [-0.3, -0.25) is 9.69 Å². The van der Waals surface area contributed by atoms with Crippen molar-refractivity contribution >= 4 is 33.4 Å². The summed E-state index contributed by atoms with van der Waals surface area (Å²) in [6, 6.07) is 14.1. The Labute approximate surface area is 211 Å². The molecule has 35 heavy (non-hydrogen) atoms. The average molecular weight is 512 g/mol. The Hall–Kier alpha value is -2.90. The summed E-state index contributed by atoms with van der Waals surface area (Å²) in [6.45, 7) is 4.26. The molecule has 1 atom stereocenters. The van der Waals surface area contributed by atoms with Crippen LogP contribution in [0.15, 0.2) is 47.4 Å². The molecule has 0 saturated heterocycles. The number of thiophene rings is 1. The van der Waals surface area contributed by atoms with Gasteiger partial charge in [0.1, 0.15) is 23.1 Å². The molecule has 3 aromatic rings. The number of hydrogen-bond donors (Lipinski definition) is 1. The molecule has 0 saturated carbocycles. The molecule has 4 rings (SSSR count). The van der Waals surface area contributed by atoms with Crippen LogP contribution in [0.25, 0.3) is 0 Å². The summed E-state index contributed by atoms with van der Waals surface area (Å²) in [6.07, 6.45) is 2.47. The van der Waals surface area contributed by atoms with E-state index >= 15 is 0 Å². The molecule has 1 aliphatic heterocycles. The third-order valence-corrected chi connectivity index (χ3v) is 7.93. The van der Waals surface area contributed by atoms with Crippen molar-refractivity contribution in [2.75, 3.05) is 24.7 Å². The van der Waals surface area contributed by atoms with Crippen LogP contribution in [0.5, 0.6) is 5.75 Å². The molecule has 1 amide bonds. The minimum absolute atomic E-state index is 0.107. The molecule has 0 spiro atoms. The number of hydrogen-bond acceptors (Lipinski definition) is 6. The summed E-state index contributed by atoms with van der Waals surface area (Å²) in [5, 5.41) is 13.3. The maximum Gasteiger partial charge on any atom is 0.229 e. The molecule has 1 aliphatic rings. The zero-order valence-electron chi connectivity index (χ0n) is 19.6. The number of carbonyl (C=O) groups is 1. The fourth-order valence-electron chi connectivity index (χ4n) is 4.20. The molecule has 0 radical (unpaired) electrons. The standard InChI is InChI=1S/C26H26FN3O3S2/c1-3-33-22-12-17(7-8-24(22)35(2)32)13-25(31)29-26-20(14-28)21-16-30(10-9-23(21)34-26)15-18-5-4-6-19(27)11-18/h4-8,11-12H,3,9-10,13,15-16H2,1-2H3,(H,29,31). The first-order chi connectivity index (χ1) is 16.9. The van der Waals surface area contributed by atoms with E-state index in [4.69, 9.17) is 4.74 Å². The van der Waals surface area contributed by atoms with E-state index < -0.39 is 11.2 Å². The number of nitriles is 1. The van der Waals surface area contributed by atoms with Crippen LogP contribution in [-0.4, -0.2) is 34.8 Å².